The standard InChI is InChI=1S/C9H17NO5S2/c1-2-15-4-6-17(13,14)10-3-5-16-7-8(10)9(11)12/h8H,2-7H2,1H3,(H,11,12). The minimum absolute atomic E-state index is 0.106. The van der Waals surface area contributed by atoms with Gasteiger partial charge in [-0.1, -0.05) is 0 Å². The van der Waals surface area contributed by atoms with E-state index in [4.69, 9.17) is 9.84 Å². The Kier molecular flexibility index (Phi) is 5.71. The molecule has 1 heterocycles. The van der Waals surface area contributed by atoms with Crippen molar-refractivity contribution in [2.75, 3.05) is 37.0 Å². The Hall–Kier alpha value is -0.310. The first-order valence-electron chi connectivity index (χ1n) is 5.37. The fraction of sp³-hybridized carbons (Fsp3) is 0.889. The van der Waals surface area contributed by atoms with Crippen LogP contribution >= 0.6 is 11.8 Å². The third-order valence-electron chi connectivity index (χ3n) is 2.41. The van der Waals surface area contributed by atoms with Gasteiger partial charge in [-0.05, 0) is 6.92 Å². The fourth-order valence-corrected chi connectivity index (χ4v) is 4.27. The van der Waals surface area contributed by atoms with Gasteiger partial charge >= 0.3 is 5.97 Å². The van der Waals surface area contributed by atoms with Crippen molar-refractivity contribution in [3.05, 3.63) is 0 Å². The van der Waals surface area contributed by atoms with Crippen molar-refractivity contribution in [2.24, 2.45) is 0 Å². The lowest BCUT2D eigenvalue weighted by Gasteiger charge is -2.31. The van der Waals surface area contributed by atoms with Crippen LogP contribution in [0.4, 0.5) is 0 Å². The Balaban J connectivity index is 2.69. The van der Waals surface area contributed by atoms with Gasteiger partial charge in [0, 0.05) is 24.7 Å². The number of hydrogen-bond donors (Lipinski definition) is 1. The van der Waals surface area contributed by atoms with Crippen LogP contribution in [0.15, 0.2) is 0 Å². The predicted octanol–water partition coefficient (Wildman–Crippen LogP) is -0.145. The molecule has 1 N–H and O–H groups in total. The highest BCUT2D eigenvalue weighted by molar-refractivity contribution is 7.99. The number of sulfonamides is 1. The van der Waals surface area contributed by atoms with E-state index in [1.807, 2.05) is 0 Å². The largest absolute Gasteiger partial charge is 0.480 e. The van der Waals surface area contributed by atoms with E-state index in [0.29, 0.717) is 18.1 Å². The lowest BCUT2D eigenvalue weighted by molar-refractivity contribution is -0.140. The second kappa shape index (κ2) is 6.58. The van der Waals surface area contributed by atoms with Gasteiger partial charge in [-0.25, -0.2) is 8.42 Å². The van der Waals surface area contributed by atoms with E-state index in [1.165, 1.54) is 11.8 Å². The number of carboxylic acid groups (broad SMARTS) is 1. The van der Waals surface area contributed by atoms with Crippen molar-refractivity contribution >= 4 is 27.8 Å². The molecule has 1 unspecified atom stereocenters. The number of ether oxygens (including phenoxy) is 1. The van der Waals surface area contributed by atoms with Crippen LogP contribution in [0, 0.1) is 0 Å². The number of carboxylic acids is 1. The van der Waals surface area contributed by atoms with E-state index in [2.05, 4.69) is 0 Å². The third-order valence-corrected chi connectivity index (χ3v) is 5.27. The van der Waals surface area contributed by atoms with Crippen LogP contribution in [0.5, 0.6) is 0 Å². The summed E-state index contributed by atoms with van der Waals surface area (Å²) >= 11 is 1.46. The van der Waals surface area contributed by atoms with E-state index in [-0.39, 0.29) is 18.9 Å². The van der Waals surface area contributed by atoms with Crippen LogP contribution in [-0.4, -0.2) is 66.9 Å². The average Bonchev–Trinajstić information content (AvgIpc) is 2.29. The number of rotatable bonds is 6. The molecular weight excluding hydrogens is 266 g/mol. The summed E-state index contributed by atoms with van der Waals surface area (Å²) in [5.74, 6) is -0.298. The molecule has 0 aromatic rings. The van der Waals surface area contributed by atoms with Crippen LogP contribution in [0.2, 0.25) is 0 Å². The molecule has 17 heavy (non-hydrogen) atoms. The molecule has 6 nitrogen and oxygen atoms in total. The zero-order valence-corrected chi connectivity index (χ0v) is 11.3. The molecule has 1 saturated heterocycles. The van der Waals surface area contributed by atoms with Gasteiger partial charge in [0.1, 0.15) is 6.04 Å². The van der Waals surface area contributed by atoms with Crippen molar-refractivity contribution < 1.29 is 23.1 Å². The van der Waals surface area contributed by atoms with Gasteiger partial charge < -0.3 is 9.84 Å². The molecule has 0 saturated carbocycles. The summed E-state index contributed by atoms with van der Waals surface area (Å²) in [6, 6.07) is -0.944. The zero-order chi connectivity index (χ0) is 12.9. The monoisotopic (exact) mass is 283 g/mol. The van der Waals surface area contributed by atoms with Gasteiger partial charge in [0.15, 0.2) is 0 Å². The second-order valence-corrected chi connectivity index (χ2v) is 6.74. The van der Waals surface area contributed by atoms with Crippen LogP contribution in [-0.2, 0) is 19.6 Å². The van der Waals surface area contributed by atoms with Crippen LogP contribution in [0.3, 0.4) is 0 Å². The Bertz CT molecular complexity index is 356. The quantitative estimate of drug-likeness (QED) is 0.683. The number of carbonyl (C=O) groups is 1. The average molecular weight is 283 g/mol. The summed E-state index contributed by atoms with van der Waals surface area (Å²) in [6.45, 7) is 2.60. The molecule has 8 heteroatoms. The summed E-state index contributed by atoms with van der Waals surface area (Å²) in [5, 5.41) is 8.99. The first-order chi connectivity index (χ1) is 7.99. The second-order valence-electron chi connectivity index (χ2n) is 3.55. The van der Waals surface area contributed by atoms with Crippen molar-refractivity contribution in [1.29, 1.82) is 0 Å². The summed E-state index contributed by atoms with van der Waals surface area (Å²) in [5.41, 5.74) is 0. The van der Waals surface area contributed by atoms with Gasteiger partial charge in [-0.2, -0.15) is 16.1 Å². The van der Waals surface area contributed by atoms with Crippen LogP contribution in [0.1, 0.15) is 6.92 Å². The highest BCUT2D eigenvalue weighted by Gasteiger charge is 2.36. The number of nitrogens with zero attached hydrogens (tertiary/aromatic N) is 1. The molecule has 0 bridgehead atoms. The smallest absolute Gasteiger partial charge is 0.322 e. The number of hydrogen-bond acceptors (Lipinski definition) is 5. The maximum atomic E-state index is 11.9. The van der Waals surface area contributed by atoms with Gasteiger partial charge in [-0.3, -0.25) is 4.79 Å². The molecule has 1 aliphatic rings. The molecule has 0 aromatic carbocycles. The molecule has 1 aliphatic heterocycles. The molecule has 1 fully saturated rings. The Morgan fingerprint density at radius 2 is 2.29 bits per heavy atom. The maximum absolute atomic E-state index is 11.9. The molecule has 1 rings (SSSR count). The Labute approximate surface area is 105 Å². The van der Waals surface area contributed by atoms with E-state index in [9.17, 15) is 13.2 Å². The van der Waals surface area contributed by atoms with E-state index < -0.39 is 22.0 Å². The number of aliphatic carboxylic acids is 1. The summed E-state index contributed by atoms with van der Waals surface area (Å²) in [6.07, 6.45) is 0. The first-order valence-corrected chi connectivity index (χ1v) is 8.13. The van der Waals surface area contributed by atoms with Gasteiger partial charge in [0.2, 0.25) is 10.0 Å². The van der Waals surface area contributed by atoms with Crippen LogP contribution in [0.25, 0.3) is 0 Å². The van der Waals surface area contributed by atoms with Crippen molar-refractivity contribution in [3.63, 3.8) is 0 Å². The van der Waals surface area contributed by atoms with E-state index in [1.54, 1.807) is 6.92 Å². The Morgan fingerprint density at radius 1 is 1.59 bits per heavy atom. The summed E-state index contributed by atoms with van der Waals surface area (Å²) in [4.78, 5) is 11.0. The van der Waals surface area contributed by atoms with E-state index in [0.717, 1.165) is 4.31 Å². The minimum atomic E-state index is -3.54. The maximum Gasteiger partial charge on any atom is 0.322 e. The van der Waals surface area contributed by atoms with E-state index >= 15 is 0 Å². The Morgan fingerprint density at radius 3 is 2.88 bits per heavy atom. The fourth-order valence-electron chi connectivity index (χ4n) is 1.54. The highest BCUT2D eigenvalue weighted by Crippen LogP contribution is 2.20. The lowest BCUT2D eigenvalue weighted by atomic mass is 10.3. The molecule has 0 amide bonds. The SMILES string of the molecule is CCOCCS(=O)(=O)N1CCSCC1C(=O)O. The molecule has 1 atom stereocenters. The first kappa shape index (κ1) is 14.7. The summed E-state index contributed by atoms with van der Waals surface area (Å²) in [7, 11) is -3.54. The van der Waals surface area contributed by atoms with Gasteiger partial charge in [0.25, 0.3) is 0 Å². The topological polar surface area (TPSA) is 83.9 Å². The molecular formula is C9H17NO5S2. The van der Waals surface area contributed by atoms with Crippen molar-refractivity contribution in [2.45, 2.75) is 13.0 Å². The highest BCUT2D eigenvalue weighted by atomic mass is 32.2. The molecule has 0 spiro atoms. The zero-order valence-electron chi connectivity index (χ0n) is 9.66. The molecule has 0 aromatic heterocycles. The van der Waals surface area contributed by atoms with Gasteiger partial charge in [-0.15, -0.1) is 0 Å². The predicted molar refractivity (Wildman–Crippen MR) is 65.7 cm³/mol. The lowest BCUT2D eigenvalue weighted by Crippen LogP contribution is -2.51. The van der Waals surface area contributed by atoms with Crippen LogP contribution < -0.4 is 0 Å². The van der Waals surface area contributed by atoms with Gasteiger partial charge in [0.05, 0.1) is 12.4 Å². The minimum Gasteiger partial charge on any atom is -0.480 e. The normalized spacial score (nSPS) is 22.5. The summed E-state index contributed by atoms with van der Waals surface area (Å²) < 4.78 is 30.0. The van der Waals surface area contributed by atoms with Crippen molar-refractivity contribution in [1.82, 2.24) is 4.31 Å². The van der Waals surface area contributed by atoms with Crippen molar-refractivity contribution in [3.8, 4) is 0 Å². The third kappa shape index (κ3) is 4.13. The molecule has 0 radical (unpaired) electrons. The molecule has 100 valence electrons. The number of thioether (sulfide) groups is 1. The molecule has 0 aliphatic carbocycles.